The average Bonchev–Trinajstić information content (AvgIpc) is 3.64. The number of ether oxygens (including phenoxy) is 1. The predicted octanol–water partition coefficient (Wildman–Crippen LogP) is 5.71. The van der Waals surface area contributed by atoms with Gasteiger partial charge in [0.1, 0.15) is 5.82 Å². The standard InChI is InChI=1S/C12H22N2.C11H12N2O.C4H6N2O/c1-3-4-5-6-7-8-9-12-10-13-11(2)14-12;1-9-11(7-14)13(8-12-9)10-5-3-2-4-6-10;1-7-4-2-5-3-6-4/h10H,3-9H2,1-2H3,(H,13,14);2-6,8,14H,7H2,1H3;2-3H,1H3,(H,5,6). The molecule has 0 aliphatic rings. The van der Waals surface area contributed by atoms with Crippen molar-refractivity contribution in [1.82, 2.24) is 29.5 Å². The number of aliphatic hydroxyl groups excluding tert-OH is 1. The lowest BCUT2D eigenvalue weighted by atomic mass is 10.1. The van der Waals surface area contributed by atoms with Gasteiger partial charge >= 0.3 is 0 Å². The number of aromatic amines is 2. The number of benzene rings is 1. The average molecular weight is 481 g/mol. The molecule has 3 heterocycles. The van der Waals surface area contributed by atoms with Crippen molar-refractivity contribution in [2.45, 2.75) is 72.3 Å². The number of aromatic nitrogens is 6. The molecule has 0 atom stereocenters. The number of para-hydroxylation sites is 1. The molecule has 35 heavy (non-hydrogen) atoms. The van der Waals surface area contributed by atoms with Gasteiger partial charge in [0, 0.05) is 17.6 Å². The van der Waals surface area contributed by atoms with Crippen molar-refractivity contribution in [2.75, 3.05) is 7.11 Å². The van der Waals surface area contributed by atoms with Crippen LogP contribution in [0.2, 0.25) is 0 Å². The molecular formula is C27H40N6O2. The molecule has 8 heteroatoms. The highest BCUT2D eigenvalue weighted by molar-refractivity contribution is 5.34. The van der Waals surface area contributed by atoms with Crippen molar-refractivity contribution in [1.29, 1.82) is 0 Å². The SMILES string of the molecule is CCCCCCCCc1cnc(C)[nH]1.COc1cnc[nH]1.Cc1ncn(-c2ccccc2)c1CO. The van der Waals surface area contributed by atoms with Gasteiger partial charge in [-0.1, -0.05) is 57.2 Å². The largest absolute Gasteiger partial charge is 0.481 e. The molecule has 0 saturated heterocycles. The van der Waals surface area contributed by atoms with Crippen molar-refractivity contribution < 1.29 is 9.84 Å². The van der Waals surface area contributed by atoms with Crippen molar-refractivity contribution in [3.8, 4) is 11.6 Å². The van der Waals surface area contributed by atoms with E-state index in [1.165, 1.54) is 44.2 Å². The van der Waals surface area contributed by atoms with Gasteiger partial charge in [-0.3, -0.25) is 0 Å². The second-order valence-electron chi connectivity index (χ2n) is 8.27. The van der Waals surface area contributed by atoms with Crippen LogP contribution in [0.25, 0.3) is 5.69 Å². The summed E-state index contributed by atoms with van der Waals surface area (Å²) in [6.07, 6.45) is 16.2. The van der Waals surface area contributed by atoms with Gasteiger partial charge in [0.05, 0.1) is 44.0 Å². The van der Waals surface area contributed by atoms with Crippen LogP contribution < -0.4 is 4.74 Å². The molecule has 0 spiro atoms. The van der Waals surface area contributed by atoms with Crippen molar-refractivity contribution >= 4 is 0 Å². The summed E-state index contributed by atoms with van der Waals surface area (Å²) in [6.45, 7) is 6.17. The van der Waals surface area contributed by atoms with Crippen molar-refractivity contribution in [3.63, 3.8) is 0 Å². The number of hydrogen-bond donors (Lipinski definition) is 3. The molecule has 0 amide bonds. The lowest BCUT2D eigenvalue weighted by Gasteiger charge is -2.05. The summed E-state index contributed by atoms with van der Waals surface area (Å²) in [6, 6.07) is 9.87. The van der Waals surface area contributed by atoms with E-state index in [0.717, 1.165) is 29.3 Å². The third-order valence-corrected chi connectivity index (χ3v) is 5.51. The van der Waals surface area contributed by atoms with E-state index in [-0.39, 0.29) is 6.61 Å². The Hall–Kier alpha value is -3.39. The minimum Gasteiger partial charge on any atom is -0.481 e. The third-order valence-electron chi connectivity index (χ3n) is 5.51. The summed E-state index contributed by atoms with van der Waals surface area (Å²) in [7, 11) is 1.59. The van der Waals surface area contributed by atoms with Crippen LogP contribution in [0, 0.1) is 13.8 Å². The number of nitrogens with zero attached hydrogens (tertiary/aromatic N) is 4. The summed E-state index contributed by atoms with van der Waals surface area (Å²) >= 11 is 0. The van der Waals surface area contributed by atoms with Gasteiger partial charge < -0.3 is 24.4 Å². The maximum atomic E-state index is 9.19. The zero-order valence-electron chi connectivity index (χ0n) is 21.5. The minimum atomic E-state index is 0.0146. The van der Waals surface area contributed by atoms with Crippen LogP contribution in [0.5, 0.6) is 5.88 Å². The van der Waals surface area contributed by atoms with Gasteiger partial charge in [-0.05, 0) is 38.8 Å². The Bertz CT molecular complexity index is 1040. The summed E-state index contributed by atoms with van der Waals surface area (Å²) in [4.78, 5) is 18.1. The van der Waals surface area contributed by atoms with E-state index in [1.807, 2.05) is 54.9 Å². The highest BCUT2D eigenvalue weighted by Crippen LogP contribution is 2.13. The van der Waals surface area contributed by atoms with Gasteiger partial charge in [-0.2, -0.15) is 0 Å². The number of imidazole rings is 3. The van der Waals surface area contributed by atoms with Gasteiger partial charge in [0.2, 0.25) is 5.88 Å². The van der Waals surface area contributed by atoms with Crippen LogP contribution in [0.4, 0.5) is 0 Å². The zero-order valence-corrected chi connectivity index (χ0v) is 21.5. The summed E-state index contributed by atoms with van der Waals surface area (Å²) in [5.41, 5.74) is 4.03. The molecule has 0 aliphatic heterocycles. The van der Waals surface area contributed by atoms with Crippen molar-refractivity contribution in [3.05, 3.63) is 78.3 Å². The predicted molar refractivity (Wildman–Crippen MR) is 140 cm³/mol. The maximum absolute atomic E-state index is 9.19. The fraction of sp³-hybridized carbons (Fsp3) is 0.444. The normalized spacial score (nSPS) is 10.2. The first-order valence-corrected chi connectivity index (χ1v) is 12.3. The van der Waals surface area contributed by atoms with Crippen LogP contribution in [0.1, 0.15) is 68.4 Å². The molecule has 0 saturated carbocycles. The topological polar surface area (TPSA) is 105 Å². The molecule has 1 aromatic carbocycles. The highest BCUT2D eigenvalue weighted by atomic mass is 16.5. The fourth-order valence-corrected chi connectivity index (χ4v) is 3.51. The van der Waals surface area contributed by atoms with E-state index in [4.69, 9.17) is 4.74 Å². The van der Waals surface area contributed by atoms with Crippen LogP contribution in [0.15, 0.2) is 55.4 Å². The number of methoxy groups -OCH3 is 1. The number of aliphatic hydroxyl groups is 1. The Morgan fingerprint density at radius 3 is 2.29 bits per heavy atom. The second kappa shape index (κ2) is 16.3. The molecule has 0 unspecified atom stereocenters. The third kappa shape index (κ3) is 10.2. The number of nitrogens with one attached hydrogen (secondary N) is 2. The smallest absolute Gasteiger partial charge is 0.210 e. The Morgan fingerprint density at radius 1 is 0.971 bits per heavy atom. The molecule has 190 valence electrons. The molecule has 0 radical (unpaired) electrons. The second-order valence-corrected chi connectivity index (χ2v) is 8.27. The minimum absolute atomic E-state index is 0.0146. The van der Waals surface area contributed by atoms with E-state index >= 15 is 0 Å². The lowest BCUT2D eigenvalue weighted by Crippen LogP contribution is -1.99. The number of aryl methyl sites for hydroxylation is 3. The monoisotopic (exact) mass is 480 g/mol. The quantitative estimate of drug-likeness (QED) is 0.252. The Kier molecular flexibility index (Phi) is 12.9. The van der Waals surface area contributed by atoms with Crippen LogP contribution in [-0.4, -0.2) is 41.7 Å². The molecule has 0 bridgehead atoms. The Morgan fingerprint density at radius 2 is 1.71 bits per heavy atom. The summed E-state index contributed by atoms with van der Waals surface area (Å²) in [5, 5.41) is 9.19. The van der Waals surface area contributed by atoms with Gasteiger partial charge in [-0.15, -0.1) is 0 Å². The van der Waals surface area contributed by atoms with E-state index in [1.54, 1.807) is 26.0 Å². The molecule has 8 nitrogen and oxygen atoms in total. The van der Waals surface area contributed by atoms with Crippen LogP contribution >= 0.6 is 0 Å². The number of H-pyrrole nitrogens is 2. The van der Waals surface area contributed by atoms with Crippen LogP contribution in [0.3, 0.4) is 0 Å². The molecule has 4 aromatic rings. The zero-order chi connectivity index (χ0) is 25.3. The highest BCUT2D eigenvalue weighted by Gasteiger charge is 2.06. The number of hydrogen-bond acceptors (Lipinski definition) is 5. The number of unbranched alkanes of at least 4 members (excludes halogenated alkanes) is 5. The molecular weight excluding hydrogens is 440 g/mol. The van der Waals surface area contributed by atoms with E-state index < -0.39 is 0 Å². The fourth-order valence-electron chi connectivity index (χ4n) is 3.51. The lowest BCUT2D eigenvalue weighted by molar-refractivity contribution is 0.274. The maximum Gasteiger partial charge on any atom is 0.210 e. The van der Waals surface area contributed by atoms with Crippen molar-refractivity contribution in [2.24, 2.45) is 0 Å². The molecule has 4 rings (SSSR count). The van der Waals surface area contributed by atoms with E-state index in [2.05, 4.69) is 31.8 Å². The molecule has 0 fully saturated rings. The summed E-state index contributed by atoms with van der Waals surface area (Å²) < 4.78 is 6.63. The first-order valence-electron chi connectivity index (χ1n) is 12.3. The Balaban J connectivity index is 0.000000196. The van der Waals surface area contributed by atoms with Crippen LogP contribution in [-0.2, 0) is 13.0 Å². The number of rotatable bonds is 10. The van der Waals surface area contributed by atoms with Gasteiger partial charge in [0.25, 0.3) is 0 Å². The van der Waals surface area contributed by atoms with Gasteiger partial charge in [-0.25, -0.2) is 15.0 Å². The first kappa shape index (κ1) is 27.9. The first-order chi connectivity index (χ1) is 17.1. The Labute approximate surface area is 208 Å². The molecule has 3 N–H and O–H groups in total. The molecule has 0 aliphatic carbocycles. The van der Waals surface area contributed by atoms with E-state index in [0.29, 0.717) is 5.88 Å². The van der Waals surface area contributed by atoms with E-state index in [9.17, 15) is 5.11 Å². The molecule has 3 aromatic heterocycles. The van der Waals surface area contributed by atoms with Gasteiger partial charge in [0.15, 0.2) is 0 Å². The summed E-state index contributed by atoms with van der Waals surface area (Å²) in [5.74, 6) is 1.73.